The summed E-state index contributed by atoms with van der Waals surface area (Å²) in [5.41, 5.74) is 0. The van der Waals surface area contributed by atoms with E-state index >= 15 is 0 Å². The van der Waals surface area contributed by atoms with Crippen LogP contribution < -0.4 is 69.3 Å². The van der Waals surface area contributed by atoms with Crippen molar-refractivity contribution < 1.29 is 132 Å². The SMILES string of the molecule is O=C(O)OP(OC(=O)O)OC(=O)O.O=C([O-])O.O=C([O-])O.[Na+].[Na+]. The zero-order chi connectivity index (χ0) is 17.6. The third-order valence-electron chi connectivity index (χ3n) is 0.458. The Morgan fingerprint density at radius 1 is 0.609 bits per heavy atom. The molecule has 23 heavy (non-hydrogen) atoms. The van der Waals surface area contributed by atoms with Crippen LogP contribution in [-0.4, -0.2) is 56.3 Å². The first kappa shape index (κ1) is 33.4. The Hall–Kier alpha value is -1.22. The van der Waals surface area contributed by atoms with E-state index in [0.717, 1.165) is 0 Å². The molecule has 5 N–H and O–H groups in total. The first-order valence-electron chi connectivity index (χ1n) is 3.71. The Morgan fingerprint density at radius 3 is 0.826 bits per heavy atom. The molecule has 15 nitrogen and oxygen atoms in total. The molecule has 0 saturated heterocycles. The van der Waals surface area contributed by atoms with Gasteiger partial charge in [-0.25, -0.2) is 14.4 Å². The van der Waals surface area contributed by atoms with Crippen molar-refractivity contribution in [3.8, 4) is 0 Å². The molecule has 0 fully saturated rings. The molecule has 0 aromatic carbocycles. The molecule has 0 spiro atoms. The monoisotopic (exact) mass is 382 g/mol. The molecule has 0 atom stereocenters. The molecule has 0 bridgehead atoms. The zero-order valence-corrected chi connectivity index (χ0v) is 16.2. The molecule has 0 aromatic rings. The van der Waals surface area contributed by atoms with Crippen LogP contribution in [0.5, 0.6) is 0 Å². The number of hydrogen-bond donors (Lipinski definition) is 5. The number of rotatable bonds is 3. The fourth-order valence-corrected chi connectivity index (χ4v) is 0.742. The van der Waals surface area contributed by atoms with Crippen LogP contribution in [0.15, 0.2) is 0 Å². The summed E-state index contributed by atoms with van der Waals surface area (Å²) in [6.07, 6.45) is -9.89. The average molecular weight is 382 g/mol. The summed E-state index contributed by atoms with van der Waals surface area (Å²) in [6.45, 7) is 0. The van der Waals surface area contributed by atoms with E-state index in [9.17, 15) is 14.4 Å². The summed E-state index contributed by atoms with van der Waals surface area (Å²) in [7, 11) is -2.98. The summed E-state index contributed by atoms with van der Waals surface area (Å²) in [5.74, 6) is 0. The van der Waals surface area contributed by atoms with Gasteiger partial charge in [-0.3, -0.25) is 0 Å². The van der Waals surface area contributed by atoms with E-state index in [1.54, 1.807) is 0 Å². The summed E-state index contributed by atoms with van der Waals surface area (Å²) >= 11 is 0. The van der Waals surface area contributed by atoms with Crippen molar-refractivity contribution in [3.05, 3.63) is 0 Å². The molecule has 0 heterocycles. The fourth-order valence-electron chi connectivity index (χ4n) is 0.247. The van der Waals surface area contributed by atoms with E-state index in [-0.39, 0.29) is 59.1 Å². The molecule has 0 saturated carbocycles. The maximum Gasteiger partial charge on any atom is 1.00 e. The van der Waals surface area contributed by atoms with Crippen molar-refractivity contribution >= 4 is 39.4 Å². The summed E-state index contributed by atoms with van der Waals surface area (Å²) < 4.78 is 10.9. The van der Waals surface area contributed by atoms with Crippen LogP contribution in [-0.2, 0) is 13.6 Å². The Morgan fingerprint density at radius 2 is 0.739 bits per heavy atom. The van der Waals surface area contributed by atoms with Crippen molar-refractivity contribution in [3.63, 3.8) is 0 Å². The Kier molecular flexibility index (Phi) is 30.2. The van der Waals surface area contributed by atoms with Crippen molar-refractivity contribution in [2.45, 2.75) is 0 Å². The molecule has 122 valence electrons. The molecule has 0 amide bonds. The van der Waals surface area contributed by atoms with Crippen molar-refractivity contribution in [1.82, 2.24) is 0 Å². The van der Waals surface area contributed by atoms with E-state index in [1.165, 1.54) is 0 Å². The van der Waals surface area contributed by atoms with Gasteiger partial charge in [-0.1, -0.05) is 0 Å². The van der Waals surface area contributed by atoms with Gasteiger partial charge in [0.2, 0.25) is 12.3 Å². The maximum atomic E-state index is 9.82. The van der Waals surface area contributed by atoms with Gasteiger partial charge >= 0.3 is 86.2 Å². The first-order valence-corrected chi connectivity index (χ1v) is 4.80. The van der Waals surface area contributed by atoms with Crippen molar-refractivity contribution in [2.24, 2.45) is 0 Å². The molecule has 0 aromatic heterocycles. The predicted octanol–water partition coefficient (Wildman–Crippen LogP) is -6.92. The smallest absolute Gasteiger partial charge is 0.565 e. The first-order chi connectivity index (χ1) is 9.38. The van der Waals surface area contributed by atoms with E-state index in [2.05, 4.69) is 13.6 Å². The third-order valence-corrected chi connectivity index (χ3v) is 1.37. The van der Waals surface area contributed by atoms with E-state index in [1.807, 2.05) is 0 Å². The quantitative estimate of drug-likeness (QED) is 0.224. The predicted molar refractivity (Wildman–Crippen MR) is 50.3 cm³/mol. The molecular weight excluding hydrogens is 377 g/mol. The van der Waals surface area contributed by atoms with Crippen LogP contribution in [0, 0.1) is 0 Å². The molecule has 0 unspecified atom stereocenters. The largest absolute Gasteiger partial charge is 1.00 e. The normalized spacial score (nSPS) is 7.17. The number of hydrogen-bond acceptors (Lipinski definition) is 10. The van der Waals surface area contributed by atoms with E-state index in [4.69, 9.17) is 45.3 Å². The van der Waals surface area contributed by atoms with Crippen molar-refractivity contribution in [1.29, 1.82) is 0 Å². The summed E-state index contributed by atoms with van der Waals surface area (Å²) in [5, 5.41) is 54.5. The second-order valence-electron chi connectivity index (χ2n) is 1.83. The van der Waals surface area contributed by atoms with Gasteiger partial charge in [-0.15, -0.1) is 0 Å². The van der Waals surface area contributed by atoms with Crippen LogP contribution >= 0.6 is 8.60 Å². The summed E-state index contributed by atoms with van der Waals surface area (Å²) in [6, 6.07) is 0. The standard InChI is InChI=1S/C3H3O9P.2CH2O3.2Na/c4-1(5)10-13(11-2(6)7)12-3(8)9;2*2-1(3)4;;/h(H,4,5)(H,6,7)(H,8,9);2*(H2,2,3,4);;/q;;;2*+1/p-2. The van der Waals surface area contributed by atoms with Crippen molar-refractivity contribution in [2.75, 3.05) is 0 Å². The minimum Gasteiger partial charge on any atom is -0.565 e. The van der Waals surface area contributed by atoms with Crippen LogP contribution in [0.25, 0.3) is 0 Å². The van der Waals surface area contributed by atoms with Crippen LogP contribution in [0.3, 0.4) is 0 Å². The van der Waals surface area contributed by atoms with Gasteiger partial charge in [0.15, 0.2) is 0 Å². The minimum atomic E-state index is -2.98. The van der Waals surface area contributed by atoms with Crippen LogP contribution in [0.4, 0.5) is 24.0 Å². The van der Waals surface area contributed by atoms with E-state index in [0.29, 0.717) is 0 Å². The number of carboxylic acid groups (broad SMARTS) is 7. The fraction of sp³-hybridized carbons (Fsp3) is 0. The molecule has 0 aliphatic carbocycles. The van der Waals surface area contributed by atoms with Gasteiger partial charge in [0.1, 0.15) is 0 Å². The molecular formula is C5H5Na2O15P. The van der Waals surface area contributed by atoms with Crippen LogP contribution in [0.1, 0.15) is 0 Å². The second kappa shape index (κ2) is 20.8. The Labute approximate surface area is 171 Å². The van der Waals surface area contributed by atoms with Gasteiger partial charge < -0.3 is 58.9 Å². The second-order valence-corrected chi connectivity index (χ2v) is 2.82. The average Bonchev–Trinajstić information content (AvgIpc) is 2.10. The minimum absolute atomic E-state index is 0. The molecule has 0 rings (SSSR count). The van der Waals surface area contributed by atoms with Gasteiger partial charge in [0.25, 0.3) is 0 Å². The molecule has 0 aliphatic rings. The summed E-state index contributed by atoms with van der Waals surface area (Å²) in [4.78, 5) is 46.4. The zero-order valence-electron chi connectivity index (χ0n) is 11.3. The topological polar surface area (TPSA) is 260 Å². The Balaban J connectivity index is -0.0000000909. The molecule has 0 aliphatic heterocycles. The van der Waals surface area contributed by atoms with E-state index < -0.39 is 39.4 Å². The van der Waals surface area contributed by atoms with Gasteiger partial charge in [-0.2, -0.15) is 0 Å². The maximum absolute atomic E-state index is 9.82. The number of carbonyl (C=O) groups is 5. The molecule has 0 radical (unpaired) electrons. The van der Waals surface area contributed by atoms with Gasteiger partial charge in [-0.05, 0) is 0 Å². The Bertz CT molecular complexity index is 326. The third kappa shape index (κ3) is 63.1. The van der Waals surface area contributed by atoms with Gasteiger partial charge in [0.05, 0.1) is 0 Å². The molecule has 18 heteroatoms. The van der Waals surface area contributed by atoms with Gasteiger partial charge in [0, 0.05) is 0 Å². The van der Waals surface area contributed by atoms with Crippen LogP contribution in [0.2, 0.25) is 0 Å².